The number of amides is 1. The smallest absolute Gasteiger partial charge is 0.266 e. The van der Waals surface area contributed by atoms with Gasteiger partial charge in [0.2, 0.25) is 0 Å². The maximum Gasteiger partial charge on any atom is 0.266 e. The van der Waals surface area contributed by atoms with Gasteiger partial charge in [0, 0.05) is 11.9 Å². The van der Waals surface area contributed by atoms with Crippen LogP contribution in [0.3, 0.4) is 0 Å². The molecule has 1 aliphatic heterocycles. The van der Waals surface area contributed by atoms with E-state index in [2.05, 4.69) is 36.4 Å². The summed E-state index contributed by atoms with van der Waals surface area (Å²) in [7, 11) is 0. The number of carbonyl (C=O) groups excluding carboxylic acids is 1. The number of ether oxygens (including phenoxy) is 1. The summed E-state index contributed by atoms with van der Waals surface area (Å²) < 4.78 is 5.93. The largest absolute Gasteiger partial charge is 0.478 e. The van der Waals surface area contributed by atoms with Gasteiger partial charge in [0.15, 0.2) is 6.10 Å². The summed E-state index contributed by atoms with van der Waals surface area (Å²) in [5, 5.41) is 0.805. The third-order valence-electron chi connectivity index (χ3n) is 3.74. The second-order valence-corrected chi connectivity index (χ2v) is 6.90. The van der Waals surface area contributed by atoms with Crippen LogP contribution in [0.5, 0.6) is 5.75 Å². The fourth-order valence-corrected chi connectivity index (χ4v) is 2.99. The average Bonchev–Trinajstić information content (AvgIpc) is 2.46. The molecule has 1 amide bonds. The first-order chi connectivity index (χ1) is 9.86. The highest BCUT2D eigenvalue weighted by Crippen LogP contribution is 2.39. The van der Waals surface area contributed by atoms with E-state index in [0.29, 0.717) is 6.54 Å². The standard InChI is InChI=1S/C17H22BrNO2/c1-12(2)10-19-15(17(3,4)11-18)14(16(19)20)21-13-8-6-5-7-9-13/h5-9,14-15H,1,10-11H2,2-4H3/t14-,15-/m0/s1. The van der Waals surface area contributed by atoms with Crippen molar-refractivity contribution in [3.05, 3.63) is 42.5 Å². The van der Waals surface area contributed by atoms with E-state index in [9.17, 15) is 4.79 Å². The van der Waals surface area contributed by atoms with Gasteiger partial charge >= 0.3 is 0 Å². The van der Waals surface area contributed by atoms with Gasteiger partial charge in [-0.3, -0.25) is 4.79 Å². The van der Waals surface area contributed by atoms with Crippen LogP contribution >= 0.6 is 15.9 Å². The van der Waals surface area contributed by atoms with Crippen molar-refractivity contribution in [2.75, 3.05) is 11.9 Å². The molecule has 2 atom stereocenters. The van der Waals surface area contributed by atoms with Gasteiger partial charge < -0.3 is 9.64 Å². The van der Waals surface area contributed by atoms with Crippen molar-refractivity contribution in [2.24, 2.45) is 5.41 Å². The average molecular weight is 352 g/mol. The van der Waals surface area contributed by atoms with Gasteiger partial charge in [-0.15, -0.1) is 0 Å². The molecule has 1 heterocycles. The number of hydrogen-bond donors (Lipinski definition) is 0. The first-order valence-corrected chi connectivity index (χ1v) is 8.21. The highest BCUT2D eigenvalue weighted by atomic mass is 79.9. The van der Waals surface area contributed by atoms with Crippen molar-refractivity contribution in [2.45, 2.75) is 32.9 Å². The molecule has 1 fully saturated rings. The van der Waals surface area contributed by atoms with Crippen LogP contribution in [-0.4, -0.2) is 34.8 Å². The number of para-hydroxylation sites is 1. The predicted octanol–water partition coefficient (Wildman–Crippen LogP) is 3.64. The Hall–Kier alpha value is -1.29. The van der Waals surface area contributed by atoms with Crippen LogP contribution in [0, 0.1) is 5.41 Å². The monoisotopic (exact) mass is 351 g/mol. The molecule has 0 unspecified atom stereocenters. The van der Waals surface area contributed by atoms with Gasteiger partial charge in [0.05, 0.1) is 6.04 Å². The van der Waals surface area contributed by atoms with Gasteiger partial charge in [0.1, 0.15) is 5.75 Å². The normalized spacial score (nSPS) is 21.9. The molecule has 1 aromatic carbocycles. The second kappa shape index (κ2) is 6.22. The summed E-state index contributed by atoms with van der Waals surface area (Å²) in [5.41, 5.74) is 0.917. The van der Waals surface area contributed by atoms with E-state index in [1.54, 1.807) is 0 Å². The van der Waals surface area contributed by atoms with Gasteiger partial charge in [-0.1, -0.05) is 60.1 Å². The van der Waals surface area contributed by atoms with Crippen molar-refractivity contribution in [3.8, 4) is 5.75 Å². The Bertz CT molecular complexity index is 527. The Morgan fingerprint density at radius 3 is 2.52 bits per heavy atom. The van der Waals surface area contributed by atoms with Crippen molar-refractivity contribution in [3.63, 3.8) is 0 Å². The Morgan fingerprint density at radius 1 is 1.38 bits per heavy atom. The molecule has 1 aliphatic rings. The van der Waals surface area contributed by atoms with Crippen molar-refractivity contribution in [1.29, 1.82) is 0 Å². The summed E-state index contributed by atoms with van der Waals surface area (Å²) in [6.07, 6.45) is -0.417. The van der Waals surface area contributed by atoms with Crippen LogP contribution in [-0.2, 0) is 4.79 Å². The van der Waals surface area contributed by atoms with E-state index in [0.717, 1.165) is 16.7 Å². The minimum absolute atomic E-state index is 0.0425. The second-order valence-electron chi connectivity index (χ2n) is 6.34. The van der Waals surface area contributed by atoms with E-state index in [4.69, 9.17) is 4.74 Å². The Balaban J connectivity index is 2.20. The van der Waals surface area contributed by atoms with Crippen molar-refractivity contribution < 1.29 is 9.53 Å². The summed E-state index contributed by atoms with van der Waals surface area (Å²) in [5.74, 6) is 0.780. The van der Waals surface area contributed by atoms with Gasteiger partial charge in [-0.2, -0.15) is 0 Å². The maximum atomic E-state index is 12.4. The van der Waals surface area contributed by atoms with Gasteiger partial charge in [-0.25, -0.2) is 0 Å². The minimum Gasteiger partial charge on any atom is -0.478 e. The minimum atomic E-state index is -0.417. The molecular weight excluding hydrogens is 330 g/mol. The van der Waals surface area contributed by atoms with E-state index in [-0.39, 0.29) is 17.4 Å². The zero-order chi connectivity index (χ0) is 15.6. The molecule has 2 rings (SSSR count). The fourth-order valence-electron chi connectivity index (χ4n) is 2.66. The van der Waals surface area contributed by atoms with Gasteiger partial charge in [-0.05, 0) is 24.5 Å². The summed E-state index contributed by atoms with van der Waals surface area (Å²) >= 11 is 3.56. The maximum absolute atomic E-state index is 12.4. The van der Waals surface area contributed by atoms with Crippen molar-refractivity contribution in [1.82, 2.24) is 4.90 Å². The zero-order valence-corrected chi connectivity index (χ0v) is 14.4. The number of hydrogen-bond acceptors (Lipinski definition) is 2. The first kappa shape index (κ1) is 16.1. The zero-order valence-electron chi connectivity index (χ0n) is 12.8. The molecule has 1 saturated heterocycles. The molecule has 3 nitrogen and oxygen atoms in total. The molecule has 114 valence electrons. The quantitative estimate of drug-likeness (QED) is 0.444. The molecule has 0 aromatic heterocycles. The Morgan fingerprint density at radius 2 is 2.00 bits per heavy atom. The lowest BCUT2D eigenvalue weighted by molar-refractivity contribution is -0.170. The molecule has 0 bridgehead atoms. The molecule has 1 aromatic rings. The molecular formula is C17H22BrNO2. The number of carbonyl (C=O) groups is 1. The summed E-state index contributed by atoms with van der Waals surface area (Å²) in [4.78, 5) is 14.3. The lowest BCUT2D eigenvalue weighted by atomic mass is 9.76. The predicted molar refractivity (Wildman–Crippen MR) is 88.7 cm³/mol. The third-order valence-corrected chi connectivity index (χ3v) is 5.19. The van der Waals surface area contributed by atoms with Gasteiger partial charge in [0.25, 0.3) is 5.91 Å². The molecule has 0 spiro atoms. The number of benzene rings is 1. The van der Waals surface area contributed by atoms with E-state index >= 15 is 0 Å². The number of likely N-dealkylation sites (tertiary alicyclic amines) is 1. The fraction of sp³-hybridized carbons (Fsp3) is 0.471. The third kappa shape index (κ3) is 3.31. The number of alkyl halides is 1. The topological polar surface area (TPSA) is 29.5 Å². The number of β-lactam (4-membered cyclic amide) rings is 1. The SMILES string of the molecule is C=C(C)CN1C(=O)[C@@H](Oc2ccccc2)[C@H]1C(C)(C)CBr. The first-order valence-electron chi connectivity index (χ1n) is 7.09. The summed E-state index contributed by atoms with van der Waals surface area (Å²) in [6, 6.07) is 9.56. The van der Waals surface area contributed by atoms with Crippen LogP contribution < -0.4 is 4.74 Å². The molecule has 0 saturated carbocycles. The van der Waals surface area contributed by atoms with E-state index in [1.807, 2.05) is 42.2 Å². The highest BCUT2D eigenvalue weighted by Gasteiger charge is 2.55. The van der Waals surface area contributed by atoms with Crippen LogP contribution in [0.1, 0.15) is 20.8 Å². The van der Waals surface area contributed by atoms with Crippen LogP contribution in [0.2, 0.25) is 0 Å². The Labute approximate surface area is 135 Å². The highest BCUT2D eigenvalue weighted by molar-refractivity contribution is 9.09. The van der Waals surface area contributed by atoms with Crippen LogP contribution in [0.15, 0.2) is 42.5 Å². The number of rotatable bonds is 6. The molecule has 0 radical (unpaired) electrons. The van der Waals surface area contributed by atoms with Crippen LogP contribution in [0.25, 0.3) is 0 Å². The lowest BCUT2D eigenvalue weighted by Crippen LogP contribution is -2.72. The number of nitrogens with zero attached hydrogens (tertiary/aromatic N) is 1. The Kier molecular flexibility index (Phi) is 4.77. The van der Waals surface area contributed by atoms with Crippen molar-refractivity contribution >= 4 is 21.8 Å². The summed E-state index contributed by atoms with van der Waals surface area (Å²) in [6.45, 7) is 10.7. The molecule has 4 heteroatoms. The molecule has 21 heavy (non-hydrogen) atoms. The molecule has 0 N–H and O–H groups in total. The lowest BCUT2D eigenvalue weighted by Gasteiger charge is -2.53. The number of halogens is 1. The molecule has 0 aliphatic carbocycles. The van der Waals surface area contributed by atoms with Crippen LogP contribution in [0.4, 0.5) is 0 Å². The van der Waals surface area contributed by atoms with E-state index in [1.165, 1.54) is 0 Å². The van der Waals surface area contributed by atoms with E-state index < -0.39 is 6.10 Å².